The molecule has 0 unspecified atom stereocenters. The molecule has 5 heteroatoms. The van der Waals surface area contributed by atoms with E-state index in [4.69, 9.17) is 9.84 Å². The zero-order valence-corrected chi connectivity index (χ0v) is 22.5. The molecule has 0 N–H and O–H groups in total. The Balaban J connectivity index is 1.51. The SMILES string of the molecule is Fc1cc(OC2CCCC2)ccc1-c1nn(C(c2ccccc2)(c2ccccc2)c2ccccc2)cc1Br. The quantitative estimate of drug-likeness (QED) is 0.184. The molecule has 1 heterocycles. The normalized spacial score (nSPS) is 14.1. The predicted octanol–water partition coefficient (Wildman–Crippen LogP) is 8.61. The Morgan fingerprint density at radius 2 is 1.29 bits per heavy atom. The molecule has 1 saturated carbocycles. The van der Waals surface area contributed by atoms with Crippen LogP contribution in [0.25, 0.3) is 11.3 Å². The van der Waals surface area contributed by atoms with Crippen molar-refractivity contribution in [2.75, 3.05) is 0 Å². The van der Waals surface area contributed by atoms with Crippen LogP contribution >= 0.6 is 15.9 Å². The van der Waals surface area contributed by atoms with Gasteiger partial charge in [-0.25, -0.2) is 4.39 Å². The highest BCUT2D eigenvalue weighted by Crippen LogP contribution is 2.42. The fourth-order valence-electron chi connectivity index (χ4n) is 5.60. The molecular weight excluding hydrogens is 539 g/mol. The van der Waals surface area contributed by atoms with Crippen molar-refractivity contribution in [1.29, 1.82) is 0 Å². The van der Waals surface area contributed by atoms with Crippen LogP contribution in [0.15, 0.2) is 120 Å². The summed E-state index contributed by atoms with van der Waals surface area (Å²) in [5.74, 6) is 0.220. The van der Waals surface area contributed by atoms with Crippen LogP contribution in [-0.2, 0) is 5.54 Å². The summed E-state index contributed by atoms with van der Waals surface area (Å²) in [6, 6.07) is 36.1. The molecule has 0 saturated heterocycles. The summed E-state index contributed by atoms with van der Waals surface area (Å²) < 4.78 is 24.2. The maximum Gasteiger partial charge on any atom is 0.138 e. The predicted molar refractivity (Wildman–Crippen MR) is 153 cm³/mol. The summed E-state index contributed by atoms with van der Waals surface area (Å²) in [4.78, 5) is 0. The molecule has 5 aromatic rings. The molecule has 190 valence electrons. The largest absolute Gasteiger partial charge is 0.490 e. The second-order valence-electron chi connectivity index (χ2n) is 9.74. The molecule has 0 spiro atoms. The van der Waals surface area contributed by atoms with E-state index < -0.39 is 5.54 Å². The average molecular weight is 568 g/mol. The van der Waals surface area contributed by atoms with Crippen molar-refractivity contribution >= 4 is 15.9 Å². The molecule has 1 fully saturated rings. The Kier molecular flexibility index (Phi) is 6.86. The van der Waals surface area contributed by atoms with Crippen molar-refractivity contribution in [3.05, 3.63) is 142 Å². The Morgan fingerprint density at radius 3 is 1.79 bits per heavy atom. The van der Waals surface area contributed by atoms with Crippen molar-refractivity contribution in [3.63, 3.8) is 0 Å². The Hall–Kier alpha value is -3.70. The maximum absolute atomic E-state index is 15.5. The molecule has 6 rings (SSSR count). The first-order valence-electron chi connectivity index (χ1n) is 13.0. The van der Waals surface area contributed by atoms with E-state index in [1.165, 1.54) is 18.9 Å². The zero-order valence-electron chi connectivity index (χ0n) is 20.9. The van der Waals surface area contributed by atoms with Gasteiger partial charge in [0.1, 0.15) is 22.8 Å². The van der Waals surface area contributed by atoms with Gasteiger partial charge in [0.25, 0.3) is 0 Å². The van der Waals surface area contributed by atoms with Gasteiger partial charge in [-0.15, -0.1) is 0 Å². The molecule has 0 atom stereocenters. The lowest BCUT2D eigenvalue weighted by molar-refractivity contribution is 0.209. The lowest BCUT2D eigenvalue weighted by Gasteiger charge is -2.36. The van der Waals surface area contributed by atoms with E-state index >= 15 is 4.39 Å². The second-order valence-corrected chi connectivity index (χ2v) is 10.6. The summed E-state index contributed by atoms with van der Waals surface area (Å²) in [5.41, 5.74) is 3.37. The second kappa shape index (κ2) is 10.6. The zero-order chi connectivity index (χ0) is 26.0. The molecule has 0 aliphatic heterocycles. The molecule has 1 aromatic heterocycles. The van der Waals surface area contributed by atoms with E-state index in [1.54, 1.807) is 6.07 Å². The summed E-state index contributed by atoms with van der Waals surface area (Å²) in [5, 5.41) is 5.06. The van der Waals surface area contributed by atoms with E-state index in [-0.39, 0.29) is 11.9 Å². The number of hydrogen-bond donors (Lipinski definition) is 0. The van der Waals surface area contributed by atoms with Crippen LogP contribution in [0, 0.1) is 5.82 Å². The lowest BCUT2D eigenvalue weighted by atomic mass is 9.77. The highest BCUT2D eigenvalue weighted by Gasteiger charge is 2.40. The third-order valence-corrected chi connectivity index (χ3v) is 7.97. The van der Waals surface area contributed by atoms with Gasteiger partial charge in [0.2, 0.25) is 0 Å². The number of halogens is 2. The van der Waals surface area contributed by atoms with Crippen molar-refractivity contribution < 1.29 is 9.13 Å². The number of benzene rings is 4. The summed E-state index contributed by atoms with van der Waals surface area (Å²) in [6.07, 6.45) is 6.52. The third-order valence-electron chi connectivity index (χ3n) is 7.39. The minimum Gasteiger partial charge on any atom is -0.490 e. The van der Waals surface area contributed by atoms with Gasteiger partial charge in [-0.1, -0.05) is 91.0 Å². The molecule has 3 nitrogen and oxygen atoms in total. The minimum atomic E-state index is -0.771. The van der Waals surface area contributed by atoms with Gasteiger partial charge in [0.05, 0.1) is 10.6 Å². The number of hydrogen-bond acceptors (Lipinski definition) is 2. The van der Waals surface area contributed by atoms with Crippen LogP contribution in [0.2, 0.25) is 0 Å². The van der Waals surface area contributed by atoms with Crippen LogP contribution < -0.4 is 4.74 Å². The van der Waals surface area contributed by atoms with Crippen molar-refractivity contribution in [2.45, 2.75) is 37.3 Å². The highest BCUT2D eigenvalue weighted by atomic mass is 79.9. The highest BCUT2D eigenvalue weighted by molar-refractivity contribution is 9.10. The minimum absolute atomic E-state index is 0.175. The fourth-order valence-corrected chi connectivity index (χ4v) is 6.09. The van der Waals surface area contributed by atoms with E-state index in [2.05, 4.69) is 52.3 Å². The van der Waals surface area contributed by atoms with Crippen molar-refractivity contribution in [3.8, 4) is 17.0 Å². The van der Waals surface area contributed by atoms with E-state index in [9.17, 15) is 0 Å². The van der Waals surface area contributed by atoms with E-state index in [0.29, 0.717) is 21.5 Å². The number of aromatic nitrogens is 2. The van der Waals surface area contributed by atoms with E-state index in [0.717, 1.165) is 29.5 Å². The number of nitrogens with zero attached hydrogens (tertiary/aromatic N) is 2. The Labute approximate surface area is 231 Å². The Morgan fingerprint density at radius 1 is 0.763 bits per heavy atom. The van der Waals surface area contributed by atoms with Gasteiger partial charge >= 0.3 is 0 Å². The van der Waals surface area contributed by atoms with Crippen LogP contribution in [0.1, 0.15) is 42.4 Å². The first-order chi connectivity index (χ1) is 18.7. The van der Waals surface area contributed by atoms with Gasteiger partial charge in [0.15, 0.2) is 0 Å². The van der Waals surface area contributed by atoms with Gasteiger partial charge in [-0.3, -0.25) is 4.68 Å². The molecule has 1 aliphatic rings. The third kappa shape index (κ3) is 4.45. The van der Waals surface area contributed by atoms with Crippen molar-refractivity contribution in [1.82, 2.24) is 9.78 Å². The van der Waals surface area contributed by atoms with Gasteiger partial charge < -0.3 is 4.74 Å². The maximum atomic E-state index is 15.5. The smallest absolute Gasteiger partial charge is 0.138 e. The average Bonchev–Trinajstić information content (AvgIpc) is 3.61. The molecule has 0 radical (unpaired) electrons. The van der Waals surface area contributed by atoms with Crippen LogP contribution in [0.3, 0.4) is 0 Å². The Bertz CT molecular complexity index is 1420. The standard InChI is InChI=1S/C33H28BrFN2O/c34-30-23-37(36-32(30)29-21-20-28(22-31(29)35)38-27-18-10-11-19-27)33(24-12-4-1-5-13-24,25-14-6-2-7-15-25)26-16-8-3-9-17-26/h1-9,12-17,20-23,27H,10-11,18-19H2. The lowest BCUT2D eigenvalue weighted by Crippen LogP contribution is -2.38. The molecule has 4 aromatic carbocycles. The summed E-state index contributed by atoms with van der Waals surface area (Å²) in [6.45, 7) is 0. The van der Waals surface area contributed by atoms with Crippen LogP contribution in [0.4, 0.5) is 4.39 Å². The van der Waals surface area contributed by atoms with Gasteiger partial charge in [-0.2, -0.15) is 5.10 Å². The monoisotopic (exact) mass is 566 g/mol. The van der Waals surface area contributed by atoms with E-state index in [1.807, 2.05) is 71.5 Å². The molecule has 1 aliphatic carbocycles. The van der Waals surface area contributed by atoms with Gasteiger partial charge in [-0.05, 0) is 70.4 Å². The summed E-state index contributed by atoms with van der Waals surface area (Å²) >= 11 is 3.71. The van der Waals surface area contributed by atoms with Crippen LogP contribution in [0.5, 0.6) is 5.75 Å². The molecule has 0 bridgehead atoms. The molecular formula is C33H28BrFN2O. The van der Waals surface area contributed by atoms with Crippen molar-refractivity contribution in [2.24, 2.45) is 0 Å². The molecule has 38 heavy (non-hydrogen) atoms. The first-order valence-corrected chi connectivity index (χ1v) is 13.8. The fraction of sp³-hybridized carbons (Fsp3) is 0.182. The molecule has 0 amide bonds. The first kappa shape index (κ1) is 24.6. The number of ether oxygens (including phenoxy) is 1. The topological polar surface area (TPSA) is 27.1 Å². The summed E-state index contributed by atoms with van der Waals surface area (Å²) in [7, 11) is 0. The van der Waals surface area contributed by atoms with Crippen LogP contribution in [-0.4, -0.2) is 15.9 Å². The number of rotatable bonds is 7. The van der Waals surface area contributed by atoms with Gasteiger partial charge in [0, 0.05) is 17.8 Å².